The van der Waals surface area contributed by atoms with Crippen LogP contribution >= 0.6 is 11.6 Å². The summed E-state index contributed by atoms with van der Waals surface area (Å²) in [5.41, 5.74) is 1.17. The van der Waals surface area contributed by atoms with Crippen LogP contribution in [0.5, 0.6) is 11.5 Å². The van der Waals surface area contributed by atoms with Crippen LogP contribution in [-0.2, 0) is 6.54 Å². The predicted molar refractivity (Wildman–Crippen MR) is 86.2 cm³/mol. The van der Waals surface area contributed by atoms with Gasteiger partial charge < -0.3 is 14.8 Å². The third kappa shape index (κ3) is 4.65. The van der Waals surface area contributed by atoms with Crippen molar-refractivity contribution in [3.8, 4) is 11.5 Å². The van der Waals surface area contributed by atoms with E-state index < -0.39 is 0 Å². The first-order valence-corrected chi connectivity index (χ1v) is 8.05. The minimum Gasteiger partial charge on any atom is -0.493 e. The Balaban J connectivity index is 2.02. The molecule has 21 heavy (non-hydrogen) atoms. The molecule has 2 rings (SSSR count). The molecule has 116 valence electrons. The van der Waals surface area contributed by atoms with E-state index >= 15 is 0 Å². The highest BCUT2D eigenvalue weighted by Gasteiger charge is 2.17. The first-order chi connectivity index (χ1) is 10.2. The van der Waals surface area contributed by atoms with Crippen molar-refractivity contribution in [2.24, 2.45) is 0 Å². The lowest BCUT2D eigenvalue weighted by molar-refractivity contribution is -0.706. The fourth-order valence-electron chi connectivity index (χ4n) is 2.85. The van der Waals surface area contributed by atoms with Crippen molar-refractivity contribution >= 4 is 11.6 Å². The van der Waals surface area contributed by atoms with Gasteiger partial charge in [-0.3, -0.25) is 0 Å². The van der Waals surface area contributed by atoms with Gasteiger partial charge in [-0.15, -0.1) is 0 Å². The molecule has 1 aliphatic carbocycles. The molecule has 1 aromatic carbocycles. The van der Waals surface area contributed by atoms with E-state index in [4.69, 9.17) is 21.1 Å². The predicted octanol–water partition coefficient (Wildman–Crippen LogP) is 3.31. The van der Waals surface area contributed by atoms with Crippen LogP contribution in [0.15, 0.2) is 24.8 Å². The first kappa shape index (κ1) is 16.2. The summed E-state index contributed by atoms with van der Waals surface area (Å²) in [6, 6.07) is 4.74. The first-order valence-electron chi connectivity index (χ1n) is 7.68. The molecule has 0 heterocycles. The zero-order valence-corrected chi connectivity index (χ0v) is 13.5. The van der Waals surface area contributed by atoms with Gasteiger partial charge in [0, 0.05) is 5.56 Å². The number of hydrogen-bond donors (Lipinski definition) is 1. The van der Waals surface area contributed by atoms with Gasteiger partial charge in [0.2, 0.25) is 0 Å². The van der Waals surface area contributed by atoms with E-state index in [9.17, 15) is 0 Å². The number of hydrogen-bond acceptors (Lipinski definition) is 2. The van der Waals surface area contributed by atoms with E-state index in [1.165, 1.54) is 37.7 Å². The van der Waals surface area contributed by atoms with Crippen LogP contribution in [0.1, 0.15) is 37.7 Å². The Bertz CT molecular complexity index is 470. The minimum atomic E-state index is 0.420. The fourth-order valence-corrected chi connectivity index (χ4v) is 3.13. The van der Waals surface area contributed by atoms with Crippen LogP contribution in [0, 0.1) is 0 Å². The van der Waals surface area contributed by atoms with Gasteiger partial charge in [-0.1, -0.05) is 30.7 Å². The summed E-state index contributed by atoms with van der Waals surface area (Å²) in [5.74, 6) is 1.29. The maximum absolute atomic E-state index is 6.32. The summed E-state index contributed by atoms with van der Waals surface area (Å²) < 4.78 is 11.0. The van der Waals surface area contributed by atoms with Crippen molar-refractivity contribution < 1.29 is 14.8 Å². The number of rotatable bonds is 7. The number of quaternary nitrogens is 1. The molecular weight excluding hydrogens is 286 g/mol. The van der Waals surface area contributed by atoms with Crippen LogP contribution in [-0.4, -0.2) is 19.8 Å². The Labute approximate surface area is 132 Å². The summed E-state index contributed by atoms with van der Waals surface area (Å²) in [5, 5.41) is 3.03. The lowest BCUT2D eigenvalue weighted by Gasteiger charge is -2.20. The SMILES string of the molecule is C=CCOc1c(Cl)cc(C[NH2+]C2CCCCC2)cc1OC. The van der Waals surface area contributed by atoms with Crippen molar-refractivity contribution in [1.82, 2.24) is 0 Å². The minimum absolute atomic E-state index is 0.420. The van der Waals surface area contributed by atoms with Crippen molar-refractivity contribution in [3.05, 3.63) is 35.4 Å². The molecule has 0 radical (unpaired) electrons. The number of benzene rings is 1. The monoisotopic (exact) mass is 310 g/mol. The smallest absolute Gasteiger partial charge is 0.180 e. The Hall–Kier alpha value is -1.19. The molecule has 1 saturated carbocycles. The van der Waals surface area contributed by atoms with Crippen molar-refractivity contribution in [2.75, 3.05) is 13.7 Å². The zero-order chi connectivity index (χ0) is 15.1. The average molecular weight is 311 g/mol. The van der Waals surface area contributed by atoms with Crippen LogP contribution in [0.3, 0.4) is 0 Å². The third-order valence-corrected chi connectivity index (χ3v) is 4.25. The summed E-state index contributed by atoms with van der Waals surface area (Å²) in [7, 11) is 1.64. The van der Waals surface area contributed by atoms with Gasteiger partial charge in [-0.25, -0.2) is 0 Å². The molecule has 0 spiro atoms. The molecule has 0 bridgehead atoms. The standard InChI is InChI=1S/C17H24ClNO2/c1-3-9-21-17-15(18)10-13(11-16(17)20-2)12-19-14-7-5-4-6-8-14/h3,10-11,14,19H,1,4-9,12H2,2H3/p+1. The molecule has 2 N–H and O–H groups in total. The topological polar surface area (TPSA) is 35.1 Å². The molecule has 0 unspecified atom stereocenters. The Kier molecular flexibility index (Phi) is 6.40. The Morgan fingerprint density at radius 1 is 1.33 bits per heavy atom. The van der Waals surface area contributed by atoms with Gasteiger partial charge in [0.25, 0.3) is 0 Å². The highest BCUT2D eigenvalue weighted by molar-refractivity contribution is 6.32. The fraction of sp³-hybridized carbons (Fsp3) is 0.529. The molecule has 0 aliphatic heterocycles. The van der Waals surface area contributed by atoms with E-state index in [1.807, 2.05) is 12.1 Å². The number of ether oxygens (including phenoxy) is 2. The van der Waals surface area contributed by atoms with E-state index in [2.05, 4.69) is 11.9 Å². The highest BCUT2D eigenvalue weighted by atomic mass is 35.5. The Morgan fingerprint density at radius 3 is 2.76 bits per heavy atom. The highest BCUT2D eigenvalue weighted by Crippen LogP contribution is 2.36. The largest absolute Gasteiger partial charge is 0.493 e. The summed E-state index contributed by atoms with van der Waals surface area (Å²) in [6.45, 7) is 5.00. The van der Waals surface area contributed by atoms with Gasteiger partial charge in [-0.05, 0) is 37.8 Å². The van der Waals surface area contributed by atoms with E-state index in [-0.39, 0.29) is 0 Å². The van der Waals surface area contributed by atoms with E-state index in [0.29, 0.717) is 23.1 Å². The van der Waals surface area contributed by atoms with Gasteiger partial charge in [0.05, 0.1) is 18.2 Å². The molecule has 0 amide bonds. The molecule has 0 aromatic heterocycles. The molecule has 0 saturated heterocycles. The van der Waals surface area contributed by atoms with Gasteiger partial charge in [-0.2, -0.15) is 0 Å². The lowest BCUT2D eigenvalue weighted by atomic mass is 9.95. The third-order valence-electron chi connectivity index (χ3n) is 3.97. The van der Waals surface area contributed by atoms with E-state index in [0.717, 1.165) is 12.6 Å². The van der Waals surface area contributed by atoms with Crippen LogP contribution in [0.2, 0.25) is 5.02 Å². The van der Waals surface area contributed by atoms with E-state index in [1.54, 1.807) is 13.2 Å². The molecule has 1 fully saturated rings. The number of methoxy groups -OCH3 is 1. The summed E-state index contributed by atoms with van der Waals surface area (Å²) in [6.07, 6.45) is 8.45. The van der Waals surface area contributed by atoms with Crippen LogP contribution in [0.4, 0.5) is 0 Å². The summed E-state index contributed by atoms with van der Waals surface area (Å²) >= 11 is 6.32. The second kappa shape index (κ2) is 8.30. The molecule has 0 atom stereocenters. The molecule has 3 nitrogen and oxygen atoms in total. The maximum Gasteiger partial charge on any atom is 0.180 e. The van der Waals surface area contributed by atoms with Gasteiger partial charge in [0.15, 0.2) is 11.5 Å². The second-order valence-electron chi connectivity index (χ2n) is 5.55. The Morgan fingerprint density at radius 2 is 2.10 bits per heavy atom. The van der Waals surface area contributed by atoms with Crippen LogP contribution < -0.4 is 14.8 Å². The molecule has 1 aliphatic rings. The maximum atomic E-state index is 6.32. The quantitative estimate of drug-likeness (QED) is 0.784. The summed E-state index contributed by atoms with van der Waals surface area (Å²) in [4.78, 5) is 0. The van der Waals surface area contributed by atoms with Crippen LogP contribution in [0.25, 0.3) is 0 Å². The zero-order valence-electron chi connectivity index (χ0n) is 12.7. The van der Waals surface area contributed by atoms with Crippen molar-refractivity contribution in [1.29, 1.82) is 0 Å². The normalized spacial score (nSPS) is 15.7. The molecule has 4 heteroatoms. The average Bonchev–Trinajstić information content (AvgIpc) is 2.52. The number of halogens is 1. The van der Waals surface area contributed by atoms with Crippen molar-refractivity contribution in [3.63, 3.8) is 0 Å². The van der Waals surface area contributed by atoms with Gasteiger partial charge >= 0.3 is 0 Å². The molecule has 1 aromatic rings. The second-order valence-corrected chi connectivity index (χ2v) is 5.95. The van der Waals surface area contributed by atoms with Gasteiger partial charge in [0.1, 0.15) is 13.2 Å². The molecular formula is C17H25ClNO2+. The van der Waals surface area contributed by atoms with Crippen molar-refractivity contribution in [2.45, 2.75) is 44.7 Å². The lowest BCUT2D eigenvalue weighted by Crippen LogP contribution is -2.88. The number of nitrogens with two attached hydrogens (primary N) is 1.